The molecule has 94 valence electrons. The molecule has 0 unspecified atom stereocenters. The van der Waals surface area contributed by atoms with Crippen molar-refractivity contribution in [2.24, 2.45) is 0 Å². The van der Waals surface area contributed by atoms with Gasteiger partial charge in [0.25, 0.3) is 5.91 Å². The maximum atomic E-state index is 11.7. The SMILES string of the molecule is O=C(NCCCCCCBr)c1ccccc1O. The number of halogens is 1. The molecule has 0 saturated carbocycles. The third kappa shape index (κ3) is 5.22. The maximum Gasteiger partial charge on any atom is 0.255 e. The van der Waals surface area contributed by atoms with E-state index in [1.807, 2.05) is 0 Å². The van der Waals surface area contributed by atoms with Gasteiger partial charge in [0.15, 0.2) is 0 Å². The third-order valence-electron chi connectivity index (χ3n) is 2.49. The molecule has 0 fully saturated rings. The lowest BCUT2D eigenvalue weighted by Gasteiger charge is -2.06. The molecule has 0 radical (unpaired) electrons. The van der Waals surface area contributed by atoms with Gasteiger partial charge in [-0.25, -0.2) is 0 Å². The summed E-state index contributed by atoms with van der Waals surface area (Å²) >= 11 is 3.38. The van der Waals surface area contributed by atoms with Crippen LogP contribution in [0.15, 0.2) is 24.3 Å². The van der Waals surface area contributed by atoms with Crippen molar-refractivity contribution < 1.29 is 9.90 Å². The van der Waals surface area contributed by atoms with E-state index in [9.17, 15) is 9.90 Å². The normalized spacial score (nSPS) is 10.2. The fourth-order valence-corrected chi connectivity index (χ4v) is 1.93. The molecule has 1 aromatic rings. The molecule has 0 aliphatic carbocycles. The lowest BCUT2D eigenvalue weighted by molar-refractivity contribution is 0.0950. The number of benzene rings is 1. The van der Waals surface area contributed by atoms with Crippen LogP contribution in [-0.4, -0.2) is 22.9 Å². The Morgan fingerprint density at radius 1 is 1.18 bits per heavy atom. The van der Waals surface area contributed by atoms with E-state index in [1.165, 1.54) is 18.9 Å². The molecule has 0 spiro atoms. The Hall–Kier alpha value is -1.03. The molecule has 0 saturated heterocycles. The van der Waals surface area contributed by atoms with Crippen molar-refractivity contribution in [2.75, 3.05) is 11.9 Å². The number of aromatic hydroxyl groups is 1. The number of phenols is 1. The lowest BCUT2D eigenvalue weighted by Crippen LogP contribution is -2.24. The summed E-state index contributed by atoms with van der Waals surface area (Å²) in [6, 6.07) is 6.58. The number of para-hydroxylation sites is 1. The van der Waals surface area contributed by atoms with Gasteiger partial charge in [-0.15, -0.1) is 0 Å². The largest absolute Gasteiger partial charge is 0.507 e. The highest BCUT2D eigenvalue weighted by Gasteiger charge is 2.08. The van der Waals surface area contributed by atoms with Crippen LogP contribution < -0.4 is 5.32 Å². The van der Waals surface area contributed by atoms with Gasteiger partial charge in [0.1, 0.15) is 5.75 Å². The van der Waals surface area contributed by atoms with Gasteiger partial charge in [-0.2, -0.15) is 0 Å². The predicted octanol–water partition coefficient (Wildman–Crippen LogP) is 3.08. The van der Waals surface area contributed by atoms with Crippen molar-refractivity contribution in [1.29, 1.82) is 0 Å². The van der Waals surface area contributed by atoms with Gasteiger partial charge in [-0.05, 0) is 25.0 Å². The van der Waals surface area contributed by atoms with Gasteiger partial charge in [-0.3, -0.25) is 4.79 Å². The van der Waals surface area contributed by atoms with Gasteiger partial charge < -0.3 is 10.4 Å². The summed E-state index contributed by atoms with van der Waals surface area (Å²) in [5.74, 6) is -0.173. The number of nitrogens with one attached hydrogen (secondary N) is 1. The van der Waals surface area contributed by atoms with Crippen LogP contribution in [0, 0.1) is 0 Å². The van der Waals surface area contributed by atoms with Crippen molar-refractivity contribution in [2.45, 2.75) is 25.7 Å². The fourth-order valence-electron chi connectivity index (χ4n) is 1.54. The standard InChI is InChI=1S/C13H18BrNO2/c14-9-5-1-2-6-10-15-13(17)11-7-3-4-8-12(11)16/h3-4,7-8,16H,1-2,5-6,9-10H2,(H,15,17). The van der Waals surface area contributed by atoms with Crippen molar-refractivity contribution in [3.8, 4) is 5.75 Å². The molecule has 1 rings (SSSR count). The first-order valence-corrected chi connectivity index (χ1v) is 7.00. The quantitative estimate of drug-likeness (QED) is 0.600. The zero-order valence-corrected chi connectivity index (χ0v) is 11.4. The van der Waals surface area contributed by atoms with E-state index in [0.717, 1.165) is 18.2 Å². The number of phenolic OH excluding ortho intramolecular Hbond substituents is 1. The fraction of sp³-hybridized carbons (Fsp3) is 0.462. The third-order valence-corrected chi connectivity index (χ3v) is 3.06. The number of carbonyl (C=O) groups is 1. The Morgan fingerprint density at radius 2 is 1.88 bits per heavy atom. The molecule has 0 aliphatic heterocycles. The minimum absolute atomic E-state index is 0.0317. The number of hydrogen-bond acceptors (Lipinski definition) is 2. The molecule has 2 N–H and O–H groups in total. The van der Waals surface area contributed by atoms with Crippen LogP contribution in [0.1, 0.15) is 36.0 Å². The molecule has 1 aromatic carbocycles. The molecule has 0 aromatic heterocycles. The molecule has 3 nitrogen and oxygen atoms in total. The zero-order valence-electron chi connectivity index (χ0n) is 9.79. The number of hydrogen-bond donors (Lipinski definition) is 2. The van der Waals surface area contributed by atoms with Crippen LogP contribution >= 0.6 is 15.9 Å². The maximum absolute atomic E-state index is 11.7. The summed E-state index contributed by atoms with van der Waals surface area (Å²) in [6.07, 6.45) is 4.45. The van der Waals surface area contributed by atoms with E-state index in [0.29, 0.717) is 12.1 Å². The summed E-state index contributed by atoms with van der Waals surface area (Å²) < 4.78 is 0. The molecule has 0 atom stereocenters. The van der Waals surface area contributed by atoms with E-state index in [1.54, 1.807) is 18.2 Å². The first-order chi connectivity index (χ1) is 8.25. The highest BCUT2D eigenvalue weighted by molar-refractivity contribution is 9.09. The van der Waals surface area contributed by atoms with E-state index in [-0.39, 0.29) is 11.7 Å². The molecule has 0 aliphatic rings. The lowest BCUT2D eigenvalue weighted by atomic mass is 10.1. The van der Waals surface area contributed by atoms with Gasteiger partial charge >= 0.3 is 0 Å². The minimum Gasteiger partial charge on any atom is -0.507 e. The monoisotopic (exact) mass is 299 g/mol. The zero-order chi connectivity index (χ0) is 12.5. The average Bonchev–Trinajstić information content (AvgIpc) is 2.34. The number of alkyl halides is 1. The summed E-state index contributed by atoms with van der Waals surface area (Å²) in [6.45, 7) is 0.662. The summed E-state index contributed by atoms with van der Waals surface area (Å²) in [5.41, 5.74) is 0.341. The number of amides is 1. The Bertz CT molecular complexity index is 355. The van der Waals surface area contributed by atoms with E-state index < -0.39 is 0 Å². The number of unbranched alkanes of at least 4 members (excludes halogenated alkanes) is 3. The van der Waals surface area contributed by atoms with E-state index in [2.05, 4.69) is 21.2 Å². The van der Waals surface area contributed by atoms with E-state index in [4.69, 9.17) is 0 Å². The molecule has 17 heavy (non-hydrogen) atoms. The van der Waals surface area contributed by atoms with Crippen molar-refractivity contribution in [3.05, 3.63) is 29.8 Å². The highest BCUT2D eigenvalue weighted by atomic mass is 79.9. The Balaban J connectivity index is 2.24. The molecular formula is C13H18BrNO2. The molecule has 4 heteroatoms. The first-order valence-electron chi connectivity index (χ1n) is 5.88. The van der Waals surface area contributed by atoms with Gasteiger partial charge in [0, 0.05) is 11.9 Å². The Kier molecular flexibility index (Phi) is 6.70. The second kappa shape index (κ2) is 8.12. The van der Waals surface area contributed by atoms with Gasteiger partial charge in [-0.1, -0.05) is 40.9 Å². The highest BCUT2D eigenvalue weighted by Crippen LogP contribution is 2.14. The number of carbonyl (C=O) groups excluding carboxylic acids is 1. The topological polar surface area (TPSA) is 49.3 Å². The Labute approximate surface area is 110 Å². The molecular weight excluding hydrogens is 282 g/mol. The van der Waals surface area contributed by atoms with Crippen LogP contribution in [0.5, 0.6) is 5.75 Å². The van der Waals surface area contributed by atoms with Gasteiger partial charge in [0.2, 0.25) is 0 Å². The van der Waals surface area contributed by atoms with Crippen molar-refractivity contribution >= 4 is 21.8 Å². The average molecular weight is 300 g/mol. The van der Waals surface area contributed by atoms with Crippen molar-refractivity contribution in [1.82, 2.24) is 5.32 Å². The van der Waals surface area contributed by atoms with Gasteiger partial charge in [0.05, 0.1) is 5.56 Å². The van der Waals surface area contributed by atoms with Crippen molar-refractivity contribution in [3.63, 3.8) is 0 Å². The van der Waals surface area contributed by atoms with Crippen LogP contribution in [0.4, 0.5) is 0 Å². The van der Waals surface area contributed by atoms with Crippen LogP contribution in [0.2, 0.25) is 0 Å². The summed E-state index contributed by atoms with van der Waals surface area (Å²) in [5, 5.41) is 13.3. The minimum atomic E-state index is -0.205. The molecule has 0 heterocycles. The van der Waals surface area contributed by atoms with Crippen LogP contribution in [0.3, 0.4) is 0 Å². The first kappa shape index (κ1) is 14.0. The van der Waals surface area contributed by atoms with Crippen LogP contribution in [0.25, 0.3) is 0 Å². The summed E-state index contributed by atoms with van der Waals surface area (Å²) in [7, 11) is 0. The second-order valence-electron chi connectivity index (χ2n) is 3.88. The molecule has 1 amide bonds. The predicted molar refractivity (Wildman–Crippen MR) is 72.7 cm³/mol. The van der Waals surface area contributed by atoms with E-state index >= 15 is 0 Å². The molecule has 0 bridgehead atoms. The number of rotatable bonds is 7. The van der Waals surface area contributed by atoms with Crippen LogP contribution in [-0.2, 0) is 0 Å². The Morgan fingerprint density at radius 3 is 2.59 bits per heavy atom. The summed E-state index contributed by atoms with van der Waals surface area (Å²) in [4.78, 5) is 11.7. The smallest absolute Gasteiger partial charge is 0.255 e. The second-order valence-corrected chi connectivity index (χ2v) is 4.67.